The second kappa shape index (κ2) is 7.11. The van der Waals surface area contributed by atoms with Gasteiger partial charge in [-0.05, 0) is 37.3 Å². The Morgan fingerprint density at radius 2 is 1.71 bits per heavy atom. The highest BCUT2D eigenvalue weighted by atomic mass is 16.5. The molecule has 0 bridgehead atoms. The number of ether oxygens (including phenoxy) is 2. The average molecular weight is 286 g/mol. The minimum absolute atomic E-state index is 0.0599. The molecule has 0 saturated heterocycles. The summed E-state index contributed by atoms with van der Waals surface area (Å²) in [6.45, 7) is 7.06. The van der Waals surface area contributed by atoms with Crippen LogP contribution < -0.4 is 9.47 Å². The van der Waals surface area contributed by atoms with Crippen molar-refractivity contribution in [2.24, 2.45) is 0 Å². The first-order chi connectivity index (χ1) is 10.2. The molecule has 0 aliphatic rings. The number of carbonyl (C=O) groups is 1. The standard InChI is InChI=1S/C18H22O3/c1-4-8-20-16-10-15-7-6-14(13(3)19)11-17(15)18(12-16)21-9-5-2/h6-7,10-12H,4-5,8-9H2,1-3H3. The molecule has 0 saturated carbocycles. The fourth-order valence-corrected chi connectivity index (χ4v) is 2.15. The number of carbonyl (C=O) groups excluding carboxylic acids is 1. The first-order valence-corrected chi connectivity index (χ1v) is 7.50. The van der Waals surface area contributed by atoms with E-state index in [-0.39, 0.29) is 5.78 Å². The van der Waals surface area contributed by atoms with Crippen molar-refractivity contribution in [3.63, 3.8) is 0 Å². The number of rotatable bonds is 7. The van der Waals surface area contributed by atoms with E-state index in [1.807, 2.05) is 30.3 Å². The molecule has 0 aromatic heterocycles. The van der Waals surface area contributed by atoms with Crippen LogP contribution in [0.2, 0.25) is 0 Å². The topological polar surface area (TPSA) is 35.5 Å². The summed E-state index contributed by atoms with van der Waals surface area (Å²) in [6.07, 6.45) is 1.90. The Labute approximate surface area is 125 Å². The number of ketones is 1. The van der Waals surface area contributed by atoms with Gasteiger partial charge in [0, 0.05) is 17.0 Å². The van der Waals surface area contributed by atoms with Crippen molar-refractivity contribution in [2.75, 3.05) is 13.2 Å². The van der Waals surface area contributed by atoms with Gasteiger partial charge in [-0.3, -0.25) is 4.79 Å². The normalized spacial score (nSPS) is 10.6. The second-order valence-corrected chi connectivity index (χ2v) is 5.11. The van der Waals surface area contributed by atoms with Crippen LogP contribution in [0.5, 0.6) is 11.5 Å². The van der Waals surface area contributed by atoms with Crippen molar-refractivity contribution in [1.29, 1.82) is 0 Å². The van der Waals surface area contributed by atoms with Gasteiger partial charge in [-0.15, -0.1) is 0 Å². The number of hydrogen-bond donors (Lipinski definition) is 0. The largest absolute Gasteiger partial charge is 0.493 e. The Bertz CT molecular complexity index is 632. The summed E-state index contributed by atoms with van der Waals surface area (Å²) < 4.78 is 11.5. The van der Waals surface area contributed by atoms with E-state index in [1.165, 1.54) is 0 Å². The monoisotopic (exact) mass is 286 g/mol. The zero-order chi connectivity index (χ0) is 15.2. The lowest BCUT2D eigenvalue weighted by Gasteiger charge is -2.13. The number of hydrogen-bond acceptors (Lipinski definition) is 3. The van der Waals surface area contributed by atoms with E-state index in [2.05, 4.69) is 13.8 Å². The van der Waals surface area contributed by atoms with E-state index >= 15 is 0 Å². The van der Waals surface area contributed by atoms with Crippen LogP contribution in [0, 0.1) is 0 Å². The number of benzene rings is 2. The molecule has 21 heavy (non-hydrogen) atoms. The second-order valence-electron chi connectivity index (χ2n) is 5.11. The van der Waals surface area contributed by atoms with Crippen molar-refractivity contribution in [1.82, 2.24) is 0 Å². The Hall–Kier alpha value is -2.03. The molecule has 0 aliphatic carbocycles. The van der Waals surface area contributed by atoms with Gasteiger partial charge >= 0.3 is 0 Å². The van der Waals surface area contributed by atoms with Gasteiger partial charge in [0.1, 0.15) is 11.5 Å². The Morgan fingerprint density at radius 1 is 1.00 bits per heavy atom. The van der Waals surface area contributed by atoms with E-state index in [4.69, 9.17) is 9.47 Å². The highest BCUT2D eigenvalue weighted by molar-refractivity contribution is 6.00. The van der Waals surface area contributed by atoms with Crippen molar-refractivity contribution >= 4 is 16.6 Å². The molecule has 3 heteroatoms. The van der Waals surface area contributed by atoms with Gasteiger partial charge in [-0.1, -0.05) is 26.0 Å². The first kappa shape index (κ1) is 15.4. The van der Waals surface area contributed by atoms with Crippen LogP contribution in [-0.4, -0.2) is 19.0 Å². The van der Waals surface area contributed by atoms with Crippen LogP contribution in [-0.2, 0) is 0 Å². The van der Waals surface area contributed by atoms with Gasteiger partial charge in [-0.25, -0.2) is 0 Å². The SMILES string of the molecule is CCCOc1cc(OCCC)c2cc(C(C)=O)ccc2c1. The zero-order valence-corrected chi connectivity index (χ0v) is 12.9. The molecule has 2 rings (SSSR count). The smallest absolute Gasteiger partial charge is 0.159 e. The summed E-state index contributed by atoms with van der Waals surface area (Å²) in [5, 5.41) is 1.99. The quantitative estimate of drug-likeness (QED) is 0.697. The number of fused-ring (bicyclic) bond motifs is 1. The van der Waals surface area contributed by atoms with E-state index < -0.39 is 0 Å². The summed E-state index contributed by atoms with van der Waals surface area (Å²) in [6, 6.07) is 9.60. The predicted octanol–water partition coefficient (Wildman–Crippen LogP) is 4.62. The average Bonchev–Trinajstić information content (AvgIpc) is 2.49. The lowest BCUT2D eigenvalue weighted by atomic mass is 10.0. The fourth-order valence-electron chi connectivity index (χ4n) is 2.15. The fraction of sp³-hybridized carbons (Fsp3) is 0.389. The third kappa shape index (κ3) is 3.75. The highest BCUT2D eigenvalue weighted by Crippen LogP contribution is 2.32. The highest BCUT2D eigenvalue weighted by Gasteiger charge is 2.09. The van der Waals surface area contributed by atoms with E-state index in [0.29, 0.717) is 18.8 Å². The zero-order valence-electron chi connectivity index (χ0n) is 12.9. The summed E-state index contributed by atoms with van der Waals surface area (Å²) in [7, 11) is 0. The van der Waals surface area contributed by atoms with Crippen LogP contribution in [0.4, 0.5) is 0 Å². The van der Waals surface area contributed by atoms with E-state index in [1.54, 1.807) is 6.92 Å². The molecule has 0 atom stereocenters. The third-order valence-corrected chi connectivity index (χ3v) is 3.23. The maximum atomic E-state index is 11.6. The van der Waals surface area contributed by atoms with Gasteiger partial charge in [0.15, 0.2) is 5.78 Å². The lowest BCUT2D eigenvalue weighted by molar-refractivity contribution is 0.101. The molecule has 3 nitrogen and oxygen atoms in total. The molecule has 0 amide bonds. The van der Waals surface area contributed by atoms with Crippen LogP contribution >= 0.6 is 0 Å². The van der Waals surface area contributed by atoms with Gasteiger partial charge in [0.25, 0.3) is 0 Å². The van der Waals surface area contributed by atoms with Crippen LogP contribution in [0.3, 0.4) is 0 Å². The van der Waals surface area contributed by atoms with Gasteiger partial charge < -0.3 is 9.47 Å². The first-order valence-electron chi connectivity index (χ1n) is 7.50. The Kier molecular flexibility index (Phi) is 5.20. The van der Waals surface area contributed by atoms with Gasteiger partial charge in [-0.2, -0.15) is 0 Å². The Morgan fingerprint density at radius 3 is 2.38 bits per heavy atom. The molecule has 0 radical (unpaired) electrons. The molecular weight excluding hydrogens is 264 g/mol. The van der Waals surface area contributed by atoms with Crippen LogP contribution in [0.25, 0.3) is 10.8 Å². The molecule has 0 N–H and O–H groups in total. The minimum atomic E-state index is 0.0599. The predicted molar refractivity (Wildman–Crippen MR) is 85.5 cm³/mol. The summed E-state index contributed by atoms with van der Waals surface area (Å²) >= 11 is 0. The van der Waals surface area contributed by atoms with Crippen LogP contribution in [0.1, 0.15) is 44.0 Å². The van der Waals surface area contributed by atoms with Gasteiger partial charge in [0.2, 0.25) is 0 Å². The summed E-state index contributed by atoms with van der Waals surface area (Å²) in [4.78, 5) is 11.6. The molecule has 2 aromatic rings. The number of Topliss-reactive ketones (excluding diaryl/α,β-unsaturated/α-hetero) is 1. The van der Waals surface area contributed by atoms with Crippen molar-refractivity contribution in [2.45, 2.75) is 33.6 Å². The van der Waals surface area contributed by atoms with Crippen molar-refractivity contribution < 1.29 is 14.3 Å². The molecular formula is C18H22O3. The van der Waals surface area contributed by atoms with Crippen molar-refractivity contribution in [3.8, 4) is 11.5 Å². The summed E-state index contributed by atoms with van der Waals surface area (Å²) in [5.41, 5.74) is 0.700. The third-order valence-electron chi connectivity index (χ3n) is 3.23. The van der Waals surface area contributed by atoms with E-state index in [0.717, 1.165) is 35.1 Å². The molecule has 0 unspecified atom stereocenters. The molecule has 2 aromatic carbocycles. The molecule has 0 aliphatic heterocycles. The summed E-state index contributed by atoms with van der Waals surface area (Å²) in [5.74, 6) is 1.65. The maximum Gasteiger partial charge on any atom is 0.159 e. The molecule has 0 heterocycles. The minimum Gasteiger partial charge on any atom is -0.493 e. The molecule has 0 spiro atoms. The Balaban J connectivity index is 2.48. The van der Waals surface area contributed by atoms with Crippen molar-refractivity contribution in [3.05, 3.63) is 35.9 Å². The van der Waals surface area contributed by atoms with E-state index in [9.17, 15) is 4.79 Å². The molecule has 112 valence electrons. The maximum absolute atomic E-state index is 11.6. The van der Waals surface area contributed by atoms with Crippen LogP contribution in [0.15, 0.2) is 30.3 Å². The molecule has 0 fully saturated rings. The van der Waals surface area contributed by atoms with Gasteiger partial charge in [0.05, 0.1) is 13.2 Å². The lowest BCUT2D eigenvalue weighted by Crippen LogP contribution is -2.00.